The number of hydrogen-bond donors (Lipinski definition) is 3. The Kier molecular flexibility index (Phi) is 11.2. The smallest absolute Gasteiger partial charge is 0.166 e. The third kappa shape index (κ3) is 8.26. The SMILES string of the molecule is COc1cc(C=N[C@H]2CCCC[C@@H]2NC(=S)N[C@H](C)[C@@H]2CCCC2P(c2ccccc2)c2ccccc2)c(O)c(C(C)(C)C)c1. The minimum Gasteiger partial charge on any atom is -0.507 e. The molecule has 2 aliphatic carbocycles. The average Bonchev–Trinajstić information content (AvgIpc) is 3.51. The molecule has 2 fully saturated rings. The van der Waals surface area contributed by atoms with Crippen LogP contribution in [0.15, 0.2) is 77.8 Å². The van der Waals surface area contributed by atoms with Crippen LogP contribution in [0, 0.1) is 5.92 Å². The molecule has 0 saturated heterocycles. The van der Waals surface area contributed by atoms with Crippen LogP contribution >= 0.6 is 20.1 Å². The number of aliphatic imine (C=N–C) groups is 1. The Hall–Kier alpha value is -2.95. The van der Waals surface area contributed by atoms with Gasteiger partial charge in [0.05, 0.1) is 19.2 Å². The fourth-order valence-corrected chi connectivity index (χ4v) is 10.8. The van der Waals surface area contributed by atoms with E-state index in [1.807, 2.05) is 18.3 Å². The maximum atomic E-state index is 11.1. The molecule has 0 spiro atoms. The van der Waals surface area contributed by atoms with E-state index in [4.69, 9.17) is 21.9 Å². The summed E-state index contributed by atoms with van der Waals surface area (Å²) in [5, 5.41) is 22.1. The molecule has 2 saturated carbocycles. The first-order valence-electron chi connectivity index (χ1n) is 16.6. The molecule has 2 aliphatic rings. The molecule has 7 heteroatoms. The second-order valence-electron chi connectivity index (χ2n) is 13.7. The Labute approximate surface area is 277 Å². The van der Waals surface area contributed by atoms with Gasteiger partial charge in [-0.05, 0) is 92.5 Å². The highest BCUT2D eigenvalue weighted by molar-refractivity contribution is 7.80. The minimum absolute atomic E-state index is 0.0840. The molecule has 5 atom stereocenters. The summed E-state index contributed by atoms with van der Waals surface area (Å²) in [5.41, 5.74) is 1.94. The van der Waals surface area contributed by atoms with E-state index < -0.39 is 7.92 Å². The molecule has 0 amide bonds. The van der Waals surface area contributed by atoms with Crippen molar-refractivity contribution >= 4 is 42.1 Å². The average molecular weight is 644 g/mol. The molecule has 5 rings (SSSR count). The van der Waals surface area contributed by atoms with Gasteiger partial charge in [-0.3, -0.25) is 4.99 Å². The molecule has 3 aromatic carbocycles. The molecule has 5 nitrogen and oxygen atoms in total. The maximum absolute atomic E-state index is 11.1. The van der Waals surface area contributed by atoms with Gasteiger partial charge in [0.15, 0.2) is 5.11 Å². The van der Waals surface area contributed by atoms with Crippen molar-refractivity contribution < 1.29 is 9.84 Å². The number of phenols is 1. The van der Waals surface area contributed by atoms with Gasteiger partial charge in [-0.1, -0.05) is 101 Å². The number of nitrogens with one attached hydrogen (secondary N) is 2. The van der Waals surface area contributed by atoms with Gasteiger partial charge in [-0.25, -0.2) is 0 Å². The normalized spacial score (nSPS) is 22.8. The van der Waals surface area contributed by atoms with Gasteiger partial charge in [0.1, 0.15) is 11.5 Å². The maximum Gasteiger partial charge on any atom is 0.166 e. The summed E-state index contributed by atoms with van der Waals surface area (Å²) < 4.78 is 5.55. The fraction of sp³-hybridized carbons (Fsp3) is 0.474. The second-order valence-corrected chi connectivity index (χ2v) is 16.6. The van der Waals surface area contributed by atoms with Gasteiger partial charge in [0.25, 0.3) is 0 Å². The molecule has 0 radical (unpaired) electrons. The first kappa shape index (κ1) is 33.4. The molecule has 240 valence electrons. The van der Waals surface area contributed by atoms with Crippen LogP contribution in [0.2, 0.25) is 0 Å². The van der Waals surface area contributed by atoms with Crippen molar-refractivity contribution in [3.05, 3.63) is 83.9 Å². The summed E-state index contributed by atoms with van der Waals surface area (Å²) in [6, 6.07) is 26.5. The first-order valence-corrected chi connectivity index (χ1v) is 18.4. The van der Waals surface area contributed by atoms with Crippen LogP contribution < -0.4 is 26.0 Å². The number of phenolic OH excluding ortho intramolecular Hbond substituents is 1. The van der Waals surface area contributed by atoms with Gasteiger partial charge in [-0.15, -0.1) is 0 Å². The quantitative estimate of drug-likeness (QED) is 0.128. The highest BCUT2D eigenvalue weighted by Crippen LogP contribution is 2.51. The van der Waals surface area contributed by atoms with Crippen molar-refractivity contribution in [3.63, 3.8) is 0 Å². The minimum atomic E-state index is -0.468. The van der Waals surface area contributed by atoms with Crippen LogP contribution in [0.3, 0.4) is 0 Å². The van der Waals surface area contributed by atoms with Crippen molar-refractivity contribution in [1.29, 1.82) is 0 Å². The third-order valence-corrected chi connectivity index (χ3v) is 12.8. The van der Waals surface area contributed by atoms with Crippen LogP contribution in [0.4, 0.5) is 0 Å². The lowest BCUT2D eigenvalue weighted by molar-refractivity contribution is 0.357. The van der Waals surface area contributed by atoms with Crippen molar-refractivity contribution in [3.8, 4) is 11.5 Å². The number of thiocarbonyl (C=S) groups is 1. The van der Waals surface area contributed by atoms with E-state index in [0.717, 1.165) is 42.1 Å². The van der Waals surface area contributed by atoms with E-state index in [9.17, 15) is 5.11 Å². The van der Waals surface area contributed by atoms with Gasteiger partial charge in [-0.2, -0.15) is 0 Å². The number of hydrogen-bond acceptors (Lipinski definition) is 4. The lowest BCUT2D eigenvalue weighted by atomic mass is 9.85. The molecule has 3 aromatic rings. The van der Waals surface area contributed by atoms with Crippen LogP contribution in [-0.2, 0) is 5.41 Å². The zero-order valence-corrected chi connectivity index (χ0v) is 29.2. The summed E-state index contributed by atoms with van der Waals surface area (Å²) in [4.78, 5) is 5.02. The van der Waals surface area contributed by atoms with Crippen LogP contribution in [0.25, 0.3) is 0 Å². The van der Waals surface area contributed by atoms with E-state index in [-0.39, 0.29) is 29.3 Å². The third-order valence-electron chi connectivity index (χ3n) is 9.54. The lowest BCUT2D eigenvalue weighted by Gasteiger charge is -2.35. The molecular weight excluding hydrogens is 593 g/mol. The number of nitrogens with zero attached hydrogens (tertiary/aromatic N) is 1. The molecule has 45 heavy (non-hydrogen) atoms. The summed E-state index contributed by atoms with van der Waals surface area (Å²) in [5.74, 6) is 1.55. The molecule has 0 bridgehead atoms. The summed E-state index contributed by atoms with van der Waals surface area (Å²) >= 11 is 5.95. The number of aromatic hydroxyl groups is 1. The van der Waals surface area contributed by atoms with Crippen LogP contribution in [0.1, 0.15) is 83.8 Å². The van der Waals surface area contributed by atoms with E-state index in [1.54, 1.807) is 7.11 Å². The van der Waals surface area contributed by atoms with Gasteiger partial charge < -0.3 is 20.5 Å². The van der Waals surface area contributed by atoms with Crippen LogP contribution in [0.5, 0.6) is 11.5 Å². The standard InChI is InChI=1S/C38H50N3O2PS/c1-26(31-19-14-22-35(31)44(29-15-8-6-9-16-29)30-17-10-7-11-18-30)40-37(45)41-34-21-13-12-20-33(34)39-25-27-23-28(43-5)24-32(36(27)42)38(2,3)4/h6-11,15-18,23-26,31,33-35,42H,12-14,19-22H2,1-5H3,(H2,40,41,45)/t26-,31+,33+,34+,35?/m1/s1. The number of benzene rings is 3. The van der Waals surface area contributed by atoms with Crippen molar-refractivity contribution in [2.24, 2.45) is 10.9 Å². The highest BCUT2D eigenvalue weighted by Gasteiger charge is 2.38. The monoisotopic (exact) mass is 643 g/mol. The summed E-state index contributed by atoms with van der Waals surface area (Å²) in [6.45, 7) is 8.60. The first-order chi connectivity index (χ1) is 21.7. The number of ether oxygens (including phenoxy) is 1. The summed E-state index contributed by atoms with van der Waals surface area (Å²) in [6.07, 6.45) is 9.87. The van der Waals surface area contributed by atoms with Gasteiger partial charge >= 0.3 is 0 Å². The lowest BCUT2D eigenvalue weighted by Crippen LogP contribution is -2.52. The fourth-order valence-electron chi connectivity index (χ4n) is 7.16. The zero-order valence-electron chi connectivity index (χ0n) is 27.5. The Morgan fingerprint density at radius 2 is 1.60 bits per heavy atom. The van der Waals surface area contributed by atoms with E-state index >= 15 is 0 Å². The van der Waals surface area contributed by atoms with Crippen molar-refractivity contribution in [1.82, 2.24) is 10.6 Å². The Morgan fingerprint density at radius 1 is 0.956 bits per heavy atom. The highest BCUT2D eigenvalue weighted by atomic mass is 32.1. The van der Waals surface area contributed by atoms with E-state index in [0.29, 0.717) is 17.1 Å². The molecule has 0 heterocycles. The predicted molar refractivity (Wildman–Crippen MR) is 196 cm³/mol. The number of methoxy groups -OCH3 is 1. The zero-order chi connectivity index (χ0) is 32.0. The number of rotatable bonds is 9. The van der Waals surface area contributed by atoms with Gasteiger partial charge in [0, 0.05) is 23.4 Å². The Morgan fingerprint density at radius 3 is 2.22 bits per heavy atom. The Bertz CT molecular complexity index is 1400. The second kappa shape index (κ2) is 15.1. The molecular formula is C38H50N3O2PS. The Balaban J connectivity index is 1.27. The van der Waals surface area contributed by atoms with Crippen molar-refractivity contribution in [2.45, 2.75) is 102 Å². The summed E-state index contributed by atoms with van der Waals surface area (Å²) in [7, 11) is 1.19. The molecule has 1 unspecified atom stereocenters. The topological polar surface area (TPSA) is 65.9 Å². The molecule has 3 N–H and O–H groups in total. The molecule has 0 aliphatic heterocycles. The van der Waals surface area contributed by atoms with Crippen LogP contribution in [-0.4, -0.2) is 47.3 Å². The van der Waals surface area contributed by atoms with E-state index in [1.165, 1.54) is 29.9 Å². The predicted octanol–water partition coefficient (Wildman–Crippen LogP) is 7.58. The van der Waals surface area contributed by atoms with Gasteiger partial charge in [0.2, 0.25) is 0 Å². The largest absolute Gasteiger partial charge is 0.507 e. The van der Waals surface area contributed by atoms with Crippen molar-refractivity contribution in [2.75, 3.05) is 7.11 Å². The molecule has 0 aromatic heterocycles. The van der Waals surface area contributed by atoms with E-state index in [2.05, 4.69) is 99.0 Å².